The van der Waals surface area contributed by atoms with Gasteiger partial charge in [-0.3, -0.25) is 0 Å². The molecular weight excluding hydrogens is 244 g/mol. The standard InChI is InChI=1S/C13H18N4S/c1-10(2)8-14-9-11-4-3-5-15-12(11)18-13-16-6-7-17-13/h3-7,10,14H,8-9H2,1-2H3,(H,16,17). The van der Waals surface area contributed by atoms with E-state index in [9.17, 15) is 0 Å². The quantitative estimate of drug-likeness (QED) is 0.840. The maximum atomic E-state index is 4.41. The summed E-state index contributed by atoms with van der Waals surface area (Å²) in [6.07, 6.45) is 5.39. The van der Waals surface area contributed by atoms with E-state index >= 15 is 0 Å². The molecule has 0 saturated carbocycles. The van der Waals surface area contributed by atoms with E-state index in [4.69, 9.17) is 0 Å². The summed E-state index contributed by atoms with van der Waals surface area (Å²) in [5.74, 6) is 0.655. The van der Waals surface area contributed by atoms with Crippen molar-refractivity contribution in [1.29, 1.82) is 0 Å². The number of hydrogen-bond acceptors (Lipinski definition) is 4. The number of nitrogens with one attached hydrogen (secondary N) is 2. The number of pyridine rings is 1. The van der Waals surface area contributed by atoms with Gasteiger partial charge in [0.2, 0.25) is 0 Å². The van der Waals surface area contributed by atoms with Crippen molar-refractivity contribution in [3.05, 3.63) is 36.3 Å². The van der Waals surface area contributed by atoms with Gasteiger partial charge in [-0.2, -0.15) is 0 Å². The molecule has 0 fully saturated rings. The number of H-pyrrole nitrogens is 1. The van der Waals surface area contributed by atoms with Crippen molar-refractivity contribution in [2.45, 2.75) is 30.6 Å². The van der Waals surface area contributed by atoms with Crippen LogP contribution in [-0.4, -0.2) is 21.5 Å². The topological polar surface area (TPSA) is 53.6 Å². The molecule has 5 heteroatoms. The third kappa shape index (κ3) is 3.85. The lowest BCUT2D eigenvalue weighted by molar-refractivity contribution is 0.549. The van der Waals surface area contributed by atoms with Crippen molar-refractivity contribution in [1.82, 2.24) is 20.3 Å². The summed E-state index contributed by atoms with van der Waals surface area (Å²) >= 11 is 1.56. The van der Waals surface area contributed by atoms with E-state index < -0.39 is 0 Å². The summed E-state index contributed by atoms with van der Waals surface area (Å²) in [4.78, 5) is 11.7. The zero-order valence-corrected chi connectivity index (χ0v) is 11.5. The number of aromatic nitrogens is 3. The highest BCUT2D eigenvalue weighted by Crippen LogP contribution is 2.25. The van der Waals surface area contributed by atoms with E-state index in [0.29, 0.717) is 5.92 Å². The molecular formula is C13H18N4S. The maximum Gasteiger partial charge on any atom is 0.171 e. The Kier molecular flexibility index (Phi) is 4.78. The van der Waals surface area contributed by atoms with Crippen LogP contribution in [0.4, 0.5) is 0 Å². The lowest BCUT2D eigenvalue weighted by atomic mass is 10.2. The molecule has 0 atom stereocenters. The van der Waals surface area contributed by atoms with E-state index in [1.807, 2.05) is 18.5 Å². The van der Waals surface area contributed by atoms with Gasteiger partial charge >= 0.3 is 0 Å². The highest BCUT2D eigenvalue weighted by Gasteiger charge is 2.06. The van der Waals surface area contributed by atoms with Crippen molar-refractivity contribution in [3.8, 4) is 0 Å². The molecule has 0 aliphatic heterocycles. The molecule has 2 N–H and O–H groups in total. The summed E-state index contributed by atoms with van der Waals surface area (Å²) in [6.45, 7) is 6.26. The third-order valence-electron chi connectivity index (χ3n) is 2.38. The van der Waals surface area contributed by atoms with Gasteiger partial charge < -0.3 is 10.3 Å². The van der Waals surface area contributed by atoms with Gasteiger partial charge in [0.15, 0.2) is 5.16 Å². The van der Waals surface area contributed by atoms with Crippen molar-refractivity contribution in [2.75, 3.05) is 6.54 Å². The zero-order chi connectivity index (χ0) is 12.8. The Morgan fingerprint density at radius 1 is 1.33 bits per heavy atom. The molecule has 18 heavy (non-hydrogen) atoms. The molecule has 2 aromatic heterocycles. The van der Waals surface area contributed by atoms with Gasteiger partial charge in [0.25, 0.3) is 0 Å². The second-order valence-electron chi connectivity index (χ2n) is 4.49. The highest BCUT2D eigenvalue weighted by atomic mass is 32.2. The van der Waals surface area contributed by atoms with E-state index in [1.165, 1.54) is 5.56 Å². The fourth-order valence-corrected chi connectivity index (χ4v) is 2.35. The molecule has 4 nitrogen and oxygen atoms in total. The van der Waals surface area contributed by atoms with Crippen LogP contribution in [0.3, 0.4) is 0 Å². The Hall–Kier alpha value is -1.33. The van der Waals surface area contributed by atoms with Crippen LogP contribution in [0.2, 0.25) is 0 Å². The Morgan fingerprint density at radius 3 is 2.94 bits per heavy atom. The van der Waals surface area contributed by atoms with E-state index in [2.05, 4.69) is 40.2 Å². The zero-order valence-electron chi connectivity index (χ0n) is 10.7. The molecule has 0 aromatic carbocycles. The first-order valence-corrected chi connectivity index (χ1v) is 6.89. The summed E-state index contributed by atoms with van der Waals surface area (Å²) < 4.78 is 0. The summed E-state index contributed by atoms with van der Waals surface area (Å²) in [5.41, 5.74) is 1.21. The summed E-state index contributed by atoms with van der Waals surface area (Å²) in [6, 6.07) is 4.07. The number of imidazole rings is 1. The van der Waals surface area contributed by atoms with Crippen LogP contribution in [0.5, 0.6) is 0 Å². The van der Waals surface area contributed by atoms with Crippen molar-refractivity contribution in [3.63, 3.8) is 0 Å². The normalized spacial score (nSPS) is 11.1. The third-order valence-corrected chi connectivity index (χ3v) is 3.36. The van der Waals surface area contributed by atoms with Crippen molar-refractivity contribution < 1.29 is 0 Å². The van der Waals surface area contributed by atoms with E-state index in [1.54, 1.807) is 18.0 Å². The van der Waals surface area contributed by atoms with Gasteiger partial charge in [0.05, 0.1) is 0 Å². The van der Waals surface area contributed by atoms with Crippen LogP contribution in [0.1, 0.15) is 19.4 Å². The number of rotatable bonds is 6. The monoisotopic (exact) mass is 262 g/mol. The molecule has 2 aromatic rings. The Balaban J connectivity index is 2.01. The number of hydrogen-bond donors (Lipinski definition) is 2. The highest BCUT2D eigenvalue weighted by molar-refractivity contribution is 7.99. The number of nitrogens with zero attached hydrogens (tertiary/aromatic N) is 2. The lowest BCUT2D eigenvalue weighted by Crippen LogP contribution is -2.19. The van der Waals surface area contributed by atoms with E-state index in [-0.39, 0.29) is 0 Å². The number of aromatic amines is 1. The Bertz CT molecular complexity index is 468. The van der Waals surface area contributed by atoms with Crippen LogP contribution in [0, 0.1) is 5.92 Å². The summed E-state index contributed by atoms with van der Waals surface area (Å²) in [5, 5.41) is 5.31. The second-order valence-corrected chi connectivity index (χ2v) is 5.47. The molecule has 0 amide bonds. The van der Waals surface area contributed by atoms with Gasteiger partial charge in [-0.25, -0.2) is 9.97 Å². The molecule has 0 aliphatic rings. The van der Waals surface area contributed by atoms with Gasteiger partial charge in [0.1, 0.15) is 5.03 Å². The van der Waals surface area contributed by atoms with Gasteiger partial charge in [-0.15, -0.1) is 0 Å². The molecule has 96 valence electrons. The fourth-order valence-electron chi connectivity index (χ4n) is 1.54. The first-order chi connectivity index (χ1) is 8.75. The van der Waals surface area contributed by atoms with Gasteiger partial charge in [-0.05, 0) is 35.9 Å². The van der Waals surface area contributed by atoms with Crippen LogP contribution in [0.15, 0.2) is 40.9 Å². The summed E-state index contributed by atoms with van der Waals surface area (Å²) in [7, 11) is 0. The van der Waals surface area contributed by atoms with Crippen LogP contribution in [0.25, 0.3) is 0 Å². The lowest BCUT2D eigenvalue weighted by Gasteiger charge is -2.09. The van der Waals surface area contributed by atoms with Gasteiger partial charge in [0, 0.05) is 25.1 Å². The average molecular weight is 262 g/mol. The van der Waals surface area contributed by atoms with Crippen molar-refractivity contribution >= 4 is 11.8 Å². The molecule has 2 rings (SSSR count). The molecule has 0 saturated heterocycles. The predicted octanol–water partition coefficient (Wildman–Crippen LogP) is 2.70. The second kappa shape index (κ2) is 6.56. The SMILES string of the molecule is CC(C)CNCc1cccnc1Sc1ncc[nH]1. The first-order valence-electron chi connectivity index (χ1n) is 6.07. The average Bonchev–Trinajstić information content (AvgIpc) is 2.84. The molecule has 0 unspecified atom stereocenters. The minimum absolute atomic E-state index is 0.655. The Labute approximate surface area is 112 Å². The predicted molar refractivity (Wildman–Crippen MR) is 73.5 cm³/mol. The minimum atomic E-state index is 0.655. The fraction of sp³-hybridized carbons (Fsp3) is 0.385. The maximum absolute atomic E-state index is 4.41. The Morgan fingerprint density at radius 2 is 2.22 bits per heavy atom. The van der Waals surface area contributed by atoms with Gasteiger partial charge in [-0.1, -0.05) is 19.9 Å². The van der Waals surface area contributed by atoms with Crippen LogP contribution >= 0.6 is 11.8 Å². The van der Waals surface area contributed by atoms with Crippen LogP contribution < -0.4 is 5.32 Å². The molecule has 2 heterocycles. The minimum Gasteiger partial charge on any atom is -0.339 e. The molecule has 0 bridgehead atoms. The molecule has 0 radical (unpaired) electrons. The molecule has 0 spiro atoms. The first kappa shape index (κ1) is 13.1. The van der Waals surface area contributed by atoms with E-state index in [0.717, 1.165) is 23.3 Å². The largest absolute Gasteiger partial charge is 0.339 e. The smallest absolute Gasteiger partial charge is 0.171 e. The van der Waals surface area contributed by atoms with Crippen LogP contribution in [-0.2, 0) is 6.54 Å². The van der Waals surface area contributed by atoms with Crippen molar-refractivity contribution in [2.24, 2.45) is 5.92 Å². The molecule has 0 aliphatic carbocycles.